The minimum Gasteiger partial charge on any atom is -0.397 e. The van der Waals surface area contributed by atoms with E-state index in [-0.39, 0.29) is 18.1 Å². The molecule has 6 heteroatoms. The normalized spacial score (nSPS) is 11.9. The van der Waals surface area contributed by atoms with Gasteiger partial charge in [-0.05, 0) is 36.4 Å². The van der Waals surface area contributed by atoms with Crippen molar-refractivity contribution in [1.82, 2.24) is 0 Å². The van der Waals surface area contributed by atoms with Gasteiger partial charge < -0.3 is 11.1 Å². The van der Waals surface area contributed by atoms with E-state index < -0.39 is 10.8 Å². The molecule has 0 fully saturated rings. The molecule has 0 aliphatic carbocycles. The molecule has 3 N–H and O–H groups in total. The maximum atomic E-state index is 12.1. The molecule has 0 bridgehead atoms. The number of halogens is 1. The number of nitrogens with one attached hydrogen (secondary N) is 1. The van der Waals surface area contributed by atoms with E-state index in [2.05, 4.69) is 21.2 Å². The fraction of sp³-hybridized carbons (Fsp3) is 0.133. The SMILES string of the molecule is Nc1ccccc1NC(=O)CCS(=O)c1ccc(Br)cc1. The van der Waals surface area contributed by atoms with Gasteiger partial charge >= 0.3 is 0 Å². The first-order chi connectivity index (χ1) is 10.1. The molecular formula is C15H15BrN2O2S. The summed E-state index contributed by atoms with van der Waals surface area (Å²) in [4.78, 5) is 12.6. The van der Waals surface area contributed by atoms with Crippen molar-refractivity contribution in [1.29, 1.82) is 0 Å². The molecule has 0 spiro atoms. The van der Waals surface area contributed by atoms with E-state index in [0.29, 0.717) is 16.3 Å². The summed E-state index contributed by atoms with van der Waals surface area (Å²) in [6.07, 6.45) is 0.178. The predicted octanol–water partition coefficient (Wildman–Crippen LogP) is 3.17. The Morgan fingerprint density at radius 3 is 2.48 bits per heavy atom. The minimum absolute atomic E-state index is 0.178. The second kappa shape index (κ2) is 7.38. The molecule has 0 aromatic heterocycles. The fourth-order valence-electron chi connectivity index (χ4n) is 1.71. The van der Waals surface area contributed by atoms with Crippen molar-refractivity contribution in [2.24, 2.45) is 0 Å². The number of hydrogen-bond acceptors (Lipinski definition) is 3. The Morgan fingerprint density at radius 2 is 1.81 bits per heavy atom. The molecule has 2 rings (SSSR count). The second-order valence-electron chi connectivity index (χ2n) is 4.39. The van der Waals surface area contributed by atoms with Gasteiger partial charge in [-0.15, -0.1) is 0 Å². The van der Waals surface area contributed by atoms with Gasteiger partial charge in [0.1, 0.15) is 0 Å². The number of hydrogen-bond donors (Lipinski definition) is 2. The number of amides is 1. The summed E-state index contributed by atoms with van der Waals surface area (Å²) in [6.45, 7) is 0. The van der Waals surface area contributed by atoms with E-state index >= 15 is 0 Å². The summed E-state index contributed by atoms with van der Waals surface area (Å²) < 4.78 is 13.0. The molecule has 2 aromatic carbocycles. The molecule has 0 radical (unpaired) electrons. The minimum atomic E-state index is -1.19. The van der Waals surface area contributed by atoms with Crippen LogP contribution in [0.3, 0.4) is 0 Å². The zero-order chi connectivity index (χ0) is 15.2. The van der Waals surface area contributed by atoms with E-state index in [4.69, 9.17) is 5.73 Å². The highest BCUT2D eigenvalue weighted by atomic mass is 79.9. The van der Waals surface area contributed by atoms with Crippen LogP contribution in [0.1, 0.15) is 6.42 Å². The maximum Gasteiger partial charge on any atom is 0.225 e. The number of benzene rings is 2. The molecule has 4 nitrogen and oxygen atoms in total. The summed E-state index contributed by atoms with van der Waals surface area (Å²) in [6, 6.07) is 14.3. The Morgan fingerprint density at radius 1 is 1.14 bits per heavy atom. The lowest BCUT2D eigenvalue weighted by Crippen LogP contribution is -2.15. The van der Waals surface area contributed by atoms with Crippen molar-refractivity contribution in [2.45, 2.75) is 11.3 Å². The summed E-state index contributed by atoms with van der Waals surface area (Å²) in [5.74, 6) is 0.0820. The van der Waals surface area contributed by atoms with Gasteiger partial charge in [0.25, 0.3) is 0 Å². The Bertz CT molecular complexity index is 659. The Balaban J connectivity index is 1.88. The van der Waals surface area contributed by atoms with Crippen molar-refractivity contribution >= 4 is 44.0 Å². The second-order valence-corrected chi connectivity index (χ2v) is 6.88. The third-order valence-corrected chi connectivity index (χ3v) is 4.73. The lowest BCUT2D eigenvalue weighted by molar-refractivity contribution is -0.115. The third-order valence-electron chi connectivity index (χ3n) is 2.83. The van der Waals surface area contributed by atoms with Crippen molar-refractivity contribution in [3.63, 3.8) is 0 Å². The average molecular weight is 367 g/mol. The highest BCUT2D eigenvalue weighted by molar-refractivity contribution is 9.10. The Kier molecular flexibility index (Phi) is 5.52. The van der Waals surface area contributed by atoms with Gasteiger partial charge in [0, 0.05) is 21.5 Å². The summed E-state index contributed by atoms with van der Waals surface area (Å²) in [5, 5.41) is 2.72. The molecule has 1 atom stereocenters. The summed E-state index contributed by atoms with van der Waals surface area (Å²) in [7, 11) is -1.19. The molecule has 1 amide bonds. The number of anilines is 2. The van der Waals surface area contributed by atoms with E-state index in [0.717, 1.165) is 4.47 Å². The van der Waals surface area contributed by atoms with Gasteiger partial charge in [-0.2, -0.15) is 0 Å². The third kappa shape index (κ3) is 4.68. The van der Waals surface area contributed by atoms with Crippen LogP contribution in [0.5, 0.6) is 0 Å². The van der Waals surface area contributed by atoms with Gasteiger partial charge in [-0.25, -0.2) is 0 Å². The first-order valence-electron chi connectivity index (χ1n) is 6.34. The van der Waals surface area contributed by atoms with Crippen LogP contribution in [-0.4, -0.2) is 15.9 Å². The van der Waals surface area contributed by atoms with Crippen LogP contribution in [0.15, 0.2) is 57.9 Å². The van der Waals surface area contributed by atoms with Crippen LogP contribution >= 0.6 is 15.9 Å². The van der Waals surface area contributed by atoms with Gasteiger partial charge in [-0.1, -0.05) is 28.1 Å². The zero-order valence-corrected chi connectivity index (χ0v) is 13.6. The Hall–Kier alpha value is -1.66. The lowest BCUT2D eigenvalue weighted by Gasteiger charge is -2.07. The predicted molar refractivity (Wildman–Crippen MR) is 89.5 cm³/mol. The largest absolute Gasteiger partial charge is 0.397 e. The van der Waals surface area contributed by atoms with E-state index in [1.807, 2.05) is 12.1 Å². The van der Waals surface area contributed by atoms with Crippen LogP contribution in [-0.2, 0) is 15.6 Å². The number of carbonyl (C=O) groups excluding carboxylic acids is 1. The number of rotatable bonds is 5. The van der Waals surface area contributed by atoms with Gasteiger partial charge in [0.15, 0.2) is 0 Å². The summed E-state index contributed by atoms with van der Waals surface area (Å²) in [5.41, 5.74) is 6.85. The van der Waals surface area contributed by atoms with E-state index in [1.54, 1.807) is 36.4 Å². The molecule has 0 aliphatic heterocycles. The first kappa shape index (κ1) is 15.7. The number of para-hydroxylation sites is 2. The van der Waals surface area contributed by atoms with Crippen molar-refractivity contribution in [3.8, 4) is 0 Å². The summed E-state index contributed by atoms with van der Waals surface area (Å²) >= 11 is 3.33. The van der Waals surface area contributed by atoms with E-state index in [1.165, 1.54) is 0 Å². The number of carbonyl (C=O) groups is 1. The van der Waals surface area contributed by atoms with Crippen LogP contribution < -0.4 is 11.1 Å². The molecule has 0 saturated carbocycles. The van der Waals surface area contributed by atoms with Crippen molar-refractivity contribution in [3.05, 3.63) is 53.0 Å². The van der Waals surface area contributed by atoms with Crippen LogP contribution in [0, 0.1) is 0 Å². The molecule has 0 saturated heterocycles. The van der Waals surface area contributed by atoms with Crippen LogP contribution in [0.2, 0.25) is 0 Å². The van der Waals surface area contributed by atoms with Gasteiger partial charge in [0.05, 0.1) is 22.2 Å². The fourth-order valence-corrected chi connectivity index (χ4v) is 3.02. The molecule has 110 valence electrons. The monoisotopic (exact) mass is 366 g/mol. The first-order valence-corrected chi connectivity index (χ1v) is 8.46. The molecule has 0 aliphatic rings. The van der Waals surface area contributed by atoms with Crippen LogP contribution in [0.4, 0.5) is 11.4 Å². The van der Waals surface area contributed by atoms with E-state index in [9.17, 15) is 9.00 Å². The topological polar surface area (TPSA) is 72.2 Å². The van der Waals surface area contributed by atoms with Crippen LogP contribution in [0.25, 0.3) is 0 Å². The molecule has 1 unspecified atom stereocenters. The zero-order valence-electron chi connectivity index (χ0n) is 11.2. The standard InChI is InChI=1S/C15H15BrN2O2S/c16-11-5-7-12(8-6-11)21(20)10-9-15(19)18-14-4-2-1-3-13(14)17/h1-8H,9-10,17H2,(H,18,19). The maximum absolute atomic E-state index is 12.1. The molecule has 2 aromatic rings. The smallest absolute Gasteiger partial charge is 0.225 e. The van der Waals surface area contributed by atoms with Gasteiger partial charge in [-0.3, -0.25) is 9.00 Å². The Labute approximate surface area is 134 Å². The molecular weight excluding hydrogens is 352 g/mol. The molecule has 21 heavy (non-hydrogen) atoms. The highest BCUT2D eigenvalue weighted by Crippen LogP contribution is 2.17. The van der Waals surface area contributed by atoms with Gasteiger partial charge in [0.2, 0.25) is 5.91 Å². The lowest BCUT2D eigenvalue weighted by atomic mass is 10.2. The average Bonchev–Trinajstić information content (AvgIpc) is 2.48. The quantitative estimate of drug-likeness (QED) is 0.798. The number of nitrogen functional groups attached to an aromatic ring is 1. The highest BCUT2D eigenvalue weighted by Gasteiger charge is 2.09. The molecule has 0 heterocycles. The van der Waals surface area contributed by atoms with Crippen molar-refractivity contribution < 1.29 is 9.00 Å². The number of nitrogens with two attached hydrogens (primary N) is 1. The van der Waals surface area contributed by atoms with Crippen molar-refractivity contribution in [2.75, 3.05) is 16.8 Å².